The molecule has 0 N–H and O–H groups in total. The van der Waals surface area contributed by atoms with E-state index >= 15 is 0 Å². The molecule has 0 radical (unpaired) electrons. The Morgan fingerprint density at radius 3 is 2.57 bits per heavy atom. The minimum atomic E-state index is -3.69. The number of hydrogen-bond donors (Lipinski definition) is 0. The van der Waals surface area contributed by atoms with Crippen LogP contribution in [-0.2, 0) is 29.5 Å². The van der Waals surface area contributed by atoms with Gasteiger partial charge in [-0.3, -0.25) is 4.79 Å². The van der Waals surface area contributed by atoms with Crippen LogP contribution in [0.25, 0.3) is 10.2 Å². The highest BCUT2D eigenvalue weighted by Crippen LogP contribution is 2.28. The van der Waals surface area contributed by atoms with Crippen LogP contribution in [0.3, 0.4) is 0 Å². The van der Waals surface area contributed by atoms with Crippen molar-refractivity contribution in [1.82, 2.24) is 8.87 Å². The molecule has 1 aliphatic heterocycles. The van der Waals surface area contributed by atoms with Gasteiger partial charge in [0, 0.05) is 18.7 Å². The maximum absolute atomic E-state index is 13.3. The molecule has 37 heavy (non-hydrogen) atoms. The number of nitrogens with zero attached hydrogens (tertiary/aromatic N) is 3. The zero-order valence-corrected chi connectivity index (χ0v) is 21.9. The Labute approximate surface area is 219 Å². The number of carbonyl (C=O) groups is 1. The summed E-state index contributed by atoms with van der Waals surface area (Å²) in [5, 5.41) is 0. The summed E-state index contributed by atoms with van der Waals surface area (Å²) in [5.41, 5.74) is 3.27. The van der Waals surface area contributed by atoms with Crippen molar-refractivity contribution >= 4 is 37.5 Å². The minimum absolute atomic E-state index is 0.147. The van der Waals surface area contributed by atoms with E-state index in [2.05, 4.69) is 10.9 Å². The number of ether oxygens (including phenoxy) is 1. The highest BCUT2D eigenvalue weighted by atomic mass is 32.2. The van der Waals surface area contributed by atoms with Crippen LogP contribution in [-0.4, -0.2) is 36.3 Å². The van der Waals surface area contributed by atoms with Crippen molar-refractivity contribution in [3.05, 3.63) is 88.2 Å². The fraction of sp³-hybridized carbons (Fsp3) is 0.214. The zero-order valence-electron chi connectivity index (χ0n) is 20.3. The van der Waals surface area contributed by atoms with E-state index in [0.29, 0.717) is 36.7 Å². The maximum atomic E-state index is 13.3. The summed E-state index contributed by atoms with van der Waals surface area (Å²) in [5.74, 6) is 2.81. The Kier molecular flexibility index (Phi) is 6.98. The summed E-state index contributed by atoms with van der Waals surface area (Å²) in [4.78, 5) is 18.0. The fourth-order valence-corrected chi connectivity index (χ4v) is 6.90. The van der Waals surface area contributed by atoms with Gasteiger partial charge in [-0.25, -0.2) is 8.42 Å². The first-order valence-corrected chi connectivity index (χ1v) is 14.1. The summed E-state index contributed by atoms with van der Waals surface area (Å²) in [6.45, 7) is 3.38. The third-order valence-electron chi connectivity index (χ3n) is 6.25. The minimum Gasteiger partial charge on any atom is -0.492 e. The predicted molar refractivity (Wildman–Crippen MR) is 144 cm³/mol. The second-order valence-electron chi connectivity index (χ2n) is 8.51. The Balaban J connectivity index is 1.44. The molecule has 7 nitrogen and oxygen atoms in total. The van der Waals surface area contributed by atoms with Crippen LogP contribution in [0.1, 0.15) is 28.4 Å². The third kappa shape index (κ3) is 4.83. The van der Waals surface area contributed by atoms with Gasteiger partial charge in [0.1, 0.15) is 11.3 Å². The third-order valence-corrected chi connectivity index (χ3v) is 9.15. The van der Waals surface area contributed by atoms with Gasteiger partial charge in [-0.15, -0.1) is 6.42 Å². The smallest absolute Gasteiger partial charge is 0.279 e. The highest BCUT2D eigenvalue weighted by molar-refractivity contribution is 7.89. The monoisotopic (exact) mass is 531 g/mol. The molecule has 0 spiro atoms. The number of para-hydroxylation sites is 1. The van der Waals surface area contributed by atoms with Gasteiger partial charge in [0.25, 0.3) is 5.91 Å². The molecule has 0 saturated heterocycles. The normalized spacial score (nSPS) is 14.3. The Morgan fingerprint density at radius 1 is 1.08 bits per heavy atom. The number of thiazole rings is 1. The van der Waals surface area contributed by atoms with Gasteiger partial charge in [-0.1, -0.05) is 47.6 Å². The number of hydrogen-bond acceptors (Lipinski definition) is 5. The molecule has 188 valence electrons. The van der Waals surface area contributed by atoms with Gasteiger partial charge in [0.2, 0.25) is 10.0 Å². The summed E-state index contributed by atoms with van der Waals surface area (Å²) in [6.07, 6.45) is 6.27. The number of benzene rings is 3. The first-order valence-electron chi connectivity index (χ1n) is 11.9. The molecule has 4 aromatic rings. The van der Waals surface area contributed by atoms with E-state index in [4.69, 9.17) is 11.2 Å². The number of carbonyl (C=O) groups excluding carboxylic acids is 1. The highest BCUT2D eigenvalue weighted by Gasteiger charge is 2.28. The fourth-order valence-electron chi connectivity index (χ4n) is 4.44. The van der Waals surface area contributed by atoms with Crippen molar-refractivity contribution in [2.24, 2.45) is 4.99 Å². The number of amides is 1. The van der Waals surface area contributed by atoms with Crippen molar-refractivity contribution in [3.63, 3.8) is 0 Å². The van der Waals surface area contributed by atoms with Gasteiger partial charge < -0.3 is 9.30 Å². The molecule has 0 bridgehead atoms. The lowest BCUT2D eigenvalue weighted by atomic mass is 10.0. The van der Waals surface area contributed by atoms with Gasteiger partial charge >= 0.3 is 0 Å². The molecule has 1 amide bonds. The predicted octanol–water partition coefficient (Wildman–Crippen LogP) is 4.22. The van der Waals surface area contributed by atoms with Crippen LogP contribution < -0.4 is 9.54 Å². The van der Waals surface area contributed by atoms with E-state index in [9.17, 15) is 13.2 Å². The van der Waals surface area contributed by atoms with Crippen LogP contribution in [0, 0.1) is 12.3 Å². The van der Waals surface area contributed by atoms with E-state index < -0.39 is 15.9 Å². The lowest BCUT2D eigenvalue weighted by Gasteiger charge is -2.28. The summed E-state index contributed by atoms with van der Waals surface area (Å²) < 4.78 is 36.4. The van der Waals surface area contributed by atoms with Crippen LogP contribution in [0.4, 0.5) is 0 Å². The summed E-state index contributed by atoms with van der Waals surface area (Å²) >= 11 is 1.34. The second-order valence-corrected chi connectivity index (χ2v) is 11.5. The second kappa shape index (κ2) is 10.3. The van der Waals surface area contributed by atoms with Crippen molar-refractivity contribution in [2.45, 2.75) is 31.3 Å². The Bertz CT molecular complexity index is 1690. The van der Waals surface area contributed by atoms with E-state index in [1.165, 1.54) is 45.5 Å². The molecule has 1 aromatic heterocycles. The van der Waals surface area contributed by atoms with Gasteiger partial charge in [0.15, 0.2) is 4.80 Å². The number of fused-ring (bicyclic) bond motifs is 2. The topological polar surface area (TPSA) is 81.0 Å². The molecule has 2 heterocycles. The Morgan fingerprint density at radius 2 is 1.84 bits per heavy atom. The van der Waals surface area contributed by atoms with E-state index in [0.717, 1.165) is 15.8 Å². The molecule has 5 rings (SSSR count). The van der Waals surface area contributed by atoms with Gasteiger partial charge in [-0.05, 0) is 60.9 Å². The lowest BCUT2D eigenvalue weighted by molar-refractivity contribution is 0.0997. The molecular formula is C28H25N3O4S2. The lowest BCUT2D eigenvalue weighted by Crippen LogP contribution is -2.35. The number of rotatable bonds is 6. The summed E-state index contributed by atoms with van der Waals surface area (Å²) in [7, 11) is -3.69. The molecule has 0 unspecified atom stereocenters. The molecule has 3 aromatic carbocycles. The van der Waals surface area contributed by atoms with Crippen molar-refractivity contribution in [3.8, 4) is 18.1 Å². The van der Waals surface area contributed by atoms with Gasteiger partial charge in [0.05, 0.1) is 22.7 Å². The van der Waals surface area contributed by atoms with Crippen molar-refractivity contribution in [2.75, 3.05) is 13.2 Å². The van der Waals surface area contributed by atoms with Crippen LogP contribution >= 0.6 is 11.3 Å². The first kappa shape index (κ1) is 25.0. The summed E-state index contributed by atoms with van der Waals surface area (Å²) in [6, 6.07) is 19.5. The largest absolute Gasteiger partial charge is 0.492 e. The van der Waals surface area contributed by atoms with Crippen molar-refractivity contribution < 1.29 is 17.9 Å². The quantitative estimate of drug-likeness (QED) is 0.349. The molecule has 0 aliphatic carbocycles. The first-order chi connectivity index (χ1) is 17.9. The zero-order chi connectivity index (χ0) is 26.0. The molecule has 1 aliphatic rings. The average molecular weight is 532 g/mol. The van der Waals surface area contributed by atoms with Crippen LogP contribution in [0.2, 0.25) is 0 Å². The average Bonchev–Trinajstić information content (AvgIpc) is 3.26. The van der Waals surface area contributed by atoms with Crippen LogP contribution in [0.15, 0.2) is 76.6 Å². The standard InChI is InChI=1S/C28H25N3O4S2/c1-3-17-31-26-24(35-4-2)10-7-11-25(26)36-28(31)29-27(32)21-12-14-23(15-13-21)37(33,34)30-18-16-20-8-5-6-9-22(20)19-30/h1,5-15H,4,16-19H2,2H3. The van der Waals surface area contributed by atoms with E-state index in [1.54, 1.807) is 4.57 Å². The van der Waals surface area contributed by atoms with Crippen molar-refractivity contribution in [1.29, 1.82) is 0 Å². The number of terminal acetylenes is 1. The number of sulfonamides is 1. The molecule has 0 atom stereocenters. The molecule has 0 saturated carbocycles. The van der Waals surface area contributed by atoms with Gasteiger partial charge in [-0.2, -0.15) is 9.30 Å². The molecular weight excluding hydrogens is 506 g/mol. The van der Waals surface area contributed by atoms with E-state index in [1.807, 2.05) is 49.4 Å². The van der Waals surface area contributed by atoms with E-state index in [-0.39, 0.29) is 17.0 Å². The van der Waals surface area contributed by atoms with Crippen LogP contribution in [0.5, 0.6) is 5.75 Å². The SMILES string of the molecule is C#CCn1c(=NC(=O)c2ccc(S(=O)(=O)N3CCc4ccccc4C3)cc2)sc2cccc(OCC)c21. The maximum Gasteiger partial charge on any atom is 0.279 e. The molecule has 0 fully saturated rings. The molecule has 9 heteroatoms. The number of aromatic nitrogens is 1. The Hall–Kier alpha value is -3.71.